The molecule has 29 heavy (non-hydrogen) atoms. The number of hydrazone groups is 1. The van der Waals surface area contributed by atoms with Gasteiger partial charge in [-0.3, -0.25) is 10.3 Å². The van der Waals surface area contributed by atoms with Gasteiger partial charge in [-0.05, 0) is 49.6 Å². The second-order valence-corrected chi connectivity index (χ2v) is 8.29. The largest absolute Gasteiger partial charge is 0.296 e. The molecule has 1 N–H and O–H groups in total. The lowest BCUT2D eigenvalue weighted by atomic mass is 10.0. The molecule has 1 aliphatic rings. The van der Waals surface area contributed by atoms with Crippen molar-refractivity contribution in [1.82, 2.24) is 9.88 Å². The highest BCUT2D eigenvalue weighted by Gasteiger charge is 2.19. The molecule has 1 unspecified atom stereocenters. The number of aromatic nitrogens is 1. The Bertz CT molecular complexity index is 970. The van der Waals surface area contributed by atoms with Crippen molar-refractivity contribution in [3.8, 4) is 11.3 Å². The standard InChI is InChI=1S/C23H25FN4S/c1-17-7-5-6-12-28(17)15-20-13-21(24)11-10-19(20)14-25-27-23-26-22(16-29-23)18-8-3-2-4-9-18/h2-4,8-11,13-14,16-17H,5-7,12,15H2,1H3,(H,26,27). The van der Waals surface area contributed by atoms with E-state index in [0.717, 1.165) is 40.6 Å². The summed E-state index contributed by atoms with van der Waals surface area (Å²) < 4.78 is 13.9. The molecule has 2 aromatic carbocycles. The molecule has 3 aromatic rings. The second kappa shape index (κ2) is 9.29. The molecule has 4 nitrogen and oxygen atoms in total. The summed E-state index contributed by atoms with van der Waals surface area (Å²) in [5, 5.41) is 7.09. The summed E-state index contributed by atoms with van der Waals surface area (Å²) in [4.78, 5) is 7.00. The van der Waals surface area contributed by atoms with Crippen molar-refractivity contribution < 1.29 is 4.39 Å². The molecule has 0 bridgehead atoms. The van der Waals surface area contributed by atoms with Gasteiger partial charge in [0.15, 0.2) is 0 Å². The minimum Gasteiger partial charge on any atom is -0.296 e. The Morgan fingerprint density at radius 3 is 2.93 bits per heavy atom. The van der Waals surface area contributed by atoms with Crippen LogP contribution in [0.5, 0.6) is 0 Å². The van der Waals surface area contributed by atoms with Crippen LogP contribution < -0.4 is 5.43 Å². The molecule has 6 heteroatoms. The predicted molar refractivity (Wildman–Crippen MR) is 119 cm³/mol. The van der Waals surface area contributed by atoms with Gasteiger partial charge < -0.3 is 0 Å². The van der Waals surface area contributed by atoms with Gasteiger partial charge in [-0.15, -0.1) is 11.3 Å². The number of anilines is 1. The van der Waals surface area contributed by atoms with Gasteiger partial charge in [0.25, 0.3) is 0 Å². The molecule has 0 saturated carbocycles. The lowest BCUT2D eigenvalue weighted by Crippen LogP contribution is -2.37. The second-order valence-electron chi connectivity index (χ2n) is 7.43. The van der Waals surface area contributed by atoms with Crippen LogP contribution in [0.25, 0.3) is 11.3 Å². The fraction of sp³-hybridized carbons (Fsp3) is 0.304. The lowest BCUT2D eigenvalue weighted by molar-refractivity contribution is 0.152. The third kappa shape index (κ3) is 5.08. The van der Waals surface area contributed by atoms with Gasteiger partial charge in [-0.2, -0.15) is 5.10 Å². The van der Waals surface area contributed by atoms with Crippen molar-refractivity contribution >= 4 is 22.7 Å². The van der Waals surface area contributed by atoms with Crippen molar-refractivity contribution in [2.45, 2.75) is 38.8 Å². The number of hydrogen-bond donors (Lipinski definition) is 1. The fourth-order valence-electron chi connectivity index (χ4n) is 3.67. The number of likely N-dealkylation sites (tertiary alicyclic amines) is 1. The highest BCUT2D eigenvalue weighted by Crippen LogP contribution is 2.25. The number of nitrogens with one attached hydrogen (secondary N) is 1. The van der Waals surface area contributed by atoms with Gasteiger partial charge in [-0.25, -0.2) is 9.37 Å². The molecule has 1 aromatic heterocycles. The first-order valence-electron chi connectivity index (χ1n) is 10.0. The lowest BCUT2D eigenvalue weighted by Gasteiger charge is -2.33. The summed E-state index contributed by atoms with van der Waals surface area (Å²) in [5.41, 5.74) is 6.91. The number of halogens is 1. The van der Waals surface area contributed by atoms with Crippen LogP contribution in [-0.2, 0) is 6.54 Å². The van der Waals surface area contributed by atoms with Gasteiger partial charge in [0.05, 0.1) is 11.9 Å². The smallest absolute Gasteiger partial charge is 0.203 e. The number of thiazole rings is 1. The topological polar surface area (TPSA) is 40.5 Å². The van der Waals surface area contributed by atoms with Crippen molar-refractivity contribution in [2.75, 3.05) is 12.0 Å². The van der Waals surface area contributed by atoms with Crippen molar-refractivity contribution in [1.29, 1.82) is 0 Å². The number of piperidine rings is 1. The van der Waals surface area contributed by atoms with E-state index in [1.807, 2.05) is 35.7 Å². The molecule has 0 amide bonds. The zero-order valence-electron chi connectivity index (χ0n) is 16.5. The van der Waals surface area contributed by atoms with Gasteiger partial charge in [0, 0.05) is 23.5 Å². The summed E-state index contributed by atoms with van der Waals surface area (Å²) >= 11 is 1.51. The van der Waals surface area contributed by atoms with Crippen LogP contribution in [0.1, 0.15) is 37.3 Å². The molecule has 1 aliphatic heterocycles. The Morgan fingerprint density at radius 1 is 1.24 bits per heavy atom. The van der Waals surface area contributed by atoms with Crippen LogP contribution >= 0.6 is 11.3 Å². The third-order valence-electron chi connectivity index (χ3n) is 5.36. The average molecular weight is 409 g/mol. The number of rotatable bonds is 6. The molecule has 2 heterocycles. The normalized spacial score (nSPS) is 17.7. The number of nitrogens with zero attached hydrogens (tertiary/aromatic N) is 3. The van der Waals surface area contributed by atoms with E-state index in [-0.39, 0.29) is 5.82 Å². The molecule has 4 rings (SSSR count). The monoisotopic (exact) mass is 408 g/mol. The fourth-order valence-corrected chi connectivity index (χ4v) is 4.34. The minimum atomic E-state index is -0.206. The van der Waals surface area contributed by atoms with Crippen molar-refractivity contribution in [2.24, 2.45) is 5.10 Å². The zero-order valence-corrected chi connectivity index (χ0v) is 17.3. The molecule has 150 valence electrons. The van der Waals surface area contributed by atoms with E-state index in [2.05, 4.69) is 27.3 Å². The van der Waals surface area contributed by atoms with Crippen LogP contribution in [0.4, 0.5) is 9.52 Å². The molecule has 1 atom stereocenters. The zero-order chi connectivity index (χ0) is 20.1. The van der Waals surface area contributed by atoms with E-state index in [4.69, 9.17) is 0 Å². The Labute approximate surface area is 175 Å². The third-order valence-corrected chi connectivity index (χ3v) is 6.10. The van der Waals surface area contributed by atoms with E-state index < -0.39 is 0 Å². The molecule has 0 spiro atoms. The molecule has 1 saturated heterocycles. The van der Waals surface area contributed by atoms with Gasteiger partial charge >= 0.3 is 0 Å². The van der Waals surface area contributed by atoms with E-state index in [1.165, 1.54) is 36.7 Å². The van der Waals surface area contributed by atoms with Gasteiger partial charge in [0.2, 0.25) is 5.13 Å². The number of benzene rings is 2. The maximum Gasteiger partial charge on any atom is 0.203 e. The Balaban J connectivity index is 1.45. The number of hydrogen-bond acceptors (Lipinski definition) is 5. The highest BCUT2D eigenvalue weighted by molar-refractivity contribution is 7.14. The summed E-state index contributed by atoms with van der Waals surface area (Å²) in [7, 11) is 0. The van der Waals surface area contributed by atoms with Crippen LogP contribution in [0.2, 0.25) is 0 Å². The Morgan fingerprint density at radius 2 is 2.10 bits per heavy atom. The van der Waals surface area contributed by atoms with E-state index in [9.17, 15) is 4.39 Å². The quantitative estimate of drug-likeness (QED) is 0.416. The molecule has 1 fully saturated rings. The summed E-state index contributed by atoms with van der Waals surface area (Å²) in [6.07, 6.45) is 5.44. The Kier molecular flexibility index (Phi) is 6.32. The SMILES string of the molecule is CC1CCCCN1Cc1cc(F)ccc1C=NNc1nc(-c2ccccc2)cs1. The van der Waals surface area contributed by atoms with E-state index in [1.54, 1.807) is 18.3 Å². The van der Waals surface area contributed by atoms with Gasteiger partial charge in [0.1, 0.15) is 5.82 Å². The molecule has 0 radical (unpaired) electrons. The minimum absolute atomic E-state index is 0.206. The van der Waals surface area contributed by atoms with Crippen LogP contribution in [-0.4, -0.2) is 28.7 Å². The summed E-state index contributed by atoms with van der Waals surface area (Å²) in [6, 6.07) is 15.5. The first-order valence-corrected chi connectivity index (χ1v) is 10.9. The van der Waals surface area contributed by atoms with Crippen molar-refractivity contribution in [3.63, 3.8) is 0 Å². The predicted octanol–water partition coefficient (Wildman–Crippen LogP) is 5.77. The Hall–Kier alpha value is -2.57. The first-order chi connectivity index (χ1) is 14.2. The molecule has 0 aliphatic carbocycles. The van der Waals surface area contributed by atoms with Crippen molar-refractivity contribution in [3.05, 3.63) is 70.9 Å². The van der Waals surface area contributed by atoms with Gasteiger partial charge in [-0.1, -0.05) is 42.8 Å². The average Bonchev–Trinajstić information content (AvgIpc) is 3.21. The van der Waals surface area contributed by atoms with E-state index >= 15 is 0 Å². The highest BCUT2D eigenvalue weighted by atomic mass is 32.1. The first kappa shape index (κ1) is 19.7. The van der Waals surface area contributed by atoms with Crippen LogP contribution in [0.15, 0.2) is 59.0 Å². The molecular formula is C23H25FN4S. The summed E-state index contributed by atoms with van der Waals surface area (Å²) in [5.74, 6) is -0.206. The maximum atomic E-state index is 13.9. The summed E-state index contributed by atoms with van der Waals surface area (Å²) in [6.45, 7) is 4.06. The molecular weight excluding hydrogens is 383 g/mol. The van der Waals surface area contributed by atoms with Crippen LogP contribution in [0.3, 0.4) is 0 Å². The van der Waals surface area contributed by atoms with Crippen LogP contribution in [0, 0.1) is 5.82 Å². The maximum absolute atomic E-state index is 13.9. The van der Waals surface area contributed by atoms with E-state index in [0.29, 0.717) is 6.04 Å².